The zero-order chi connectivity index (χ0) is 47.7. The maximum atomic E-state index is 14.0. The minimum absolute atomic E-state index is 0.0426. The molecule has 4 amide bonds. The number of aromatic nitrogens is 1. The largest absolute Gasteiger partial charge is 0.481 e. The number of piperidine rings is 1. The van der Waals surface area contributed by atoms with Crippen molar-refractivity contribution in [3.63, 3.8) is 0 Å². The summed E-state index contributed by atoms with van der Waals surface area (Å²) in [5, 5.41) is 17.9. The van der Waals surface area contributed by atoms with Crippen molar-refractivity contribution in [1.82, 2.24) is 25.4 Å². The maximum absolute atomic E-state index is 14.0. The van der Waals surface area contributed by atoms with E-state index in [1.807, 2.05) is 30.3 Å². The highest BCUT2D eigenvalue weighted by molar-refractivity contribution is 6.08. The summed E-state index contributed by atoms with van der Waals surface area (Å²) >= 11 is 0. The van der Waals surface area contributed by atoms with E-state index in [2.05, 4.69) is 37.9 Å². The highest BCUT2D eigenvalue weighted by atomic mass is 16.5. The molecule has 3 aromatic carbocycles. The van der Waals surface area contributed by atoms with Crippen molar-refractivity contribution in [2.45, 2.75) is 69.9 Å². The Morgan fingerprint density at radius 1 is 0.750 bits per heavy atom. The normalized spacial score (nSPS) is 17.0. The third kappa shape index (κ3) is 13.9. The Bertz CT molecular complexity index is 2360. The number of hydrogen-bond acceptors (Lipinski definition) is 11. The van der Waals surface area contributed by atoms with Crippen LogP contribution in [-0.4, -0.2) is 141 Å². The molecule has 362 valence electrons. The second-order valence-electron chi connectivity index (χ2n) is 17.6. The molecule has 2 saturated heterocycles. The SMILES string of the molecule is CN(CCN1CCC[C@H]1C(=O)NCCOCCOCCOCCC(=O)O)C(=O)c1cccc(C(=O)Nc2ccc(N3CCCCC3)cc2-c2cc(C(=O)N[C@H]3CCCc4ccccc43)ccn2)c1. The maximum Gasteiger partial charge on any atom is 0.305 e. The number of rotatable bonds is 23. The summed E-state index contributed by atoms with van der Waals surface area (Å²) in [6.45, 7) is 5.70. The van der Waals surface area contributed by atoms with Gasteiger partial charge in [-0.25, -0.2) is 0 Å². The number of likely N-dealkylation sites (tertiary alicyclic amines) is 1. The van der Waals surface area contributed by atoms with E-state index in [0.717, 1.165) is 75.8 Å². The van der Waals surface area contributed by atoms with Gasteiger partial charge < -0.3 is 45.1 Å². The standard InChI is InChI=1S/C52H65N7O9/c1-57(26-27-59-25-9-16-47(59)51(64)54-22-29-67-31-33-68-32-30-66-28-20-48(60)61)52(65)40-13-7-12-38(34-40)49(62)56-45-18-17-41(58-23-5-2-6-24-58)36-43(45)46-35-39(19-21-53-46)50(63)55-44-15-8-11-37-10-3-4-14-42(37)44/h3-4,7,10,12-14,17-19,21,34-36,44,47H,2,5-6,8-9,11,15-16,20,22-33H2,1H3,(H,54,64)(H,55,63)(H,56,62)(H,60,61)/t44-,47-/m0/s1. The molecule has 0 unspecified atom stereocenters. The third-order valence-electron chi connectivity index (χ3n) is 12.8. The Morgan fingerprint density at radius 2 is 1.50 bits per heavy atom. The lowest BCUT2D eigenvalue weighted by molar-refractivity contribution is -0.138. The first kappa shape index (κ1) is 49.7. The highest BCUT2D eigenvalue weighted by Gasteiger charge is 2.31. The molecule has 0 radical (unpaired) electrons. The lowest BCUT2D eigenvalue weighted by atomic mass is 9.87. The van der Waals surface area contributed by atoms with Gasteiger partial charge in [0.2, 0.25) is 5.91 Å². The first-order valence-electron chi connectivity index (χ1n) is 24.0. The summed E-state index contributed by atoms with van der Waals surface area (Å²) in [6.07, 6.45) is 9.45. The molecule has 2 fully saturated rings. The smallest absolute Gasteiger partial charge is 0.305 e. The van der Waals surface area contributed by atoms with Crippen LogP contribution in [0.4, 0.5) is 11.4 Å². The van der Waals surface area contributed by atoms with Gasteiger partial charge in [-0.1, -0.05) is 30.3 Å². The van der Waals surface area contributed by atoms with Crippen LogP contribution in [-0.2, 0) is 30.2 Å². The molecule has 0 spiro atoms. The van der Waals surface area contributed by atoms with E-state index < -0.39 is 5.97 Å². The van der Waals surface area contributed by atoms with E-state index in [9.17, 15) is 24.0 Å². The number of likely N-dealkylation sites (N-methyl/N-ethyl adjacent to an activating group) is 1. The highest BCUT2D eigenvalue weighted by Crippen LogP contribution is 2.34. The molecule has 68 heavy (non-hydrogen) atoms. The van der Waals surface area contributed by atoms with Crippen LogP contribution >= 0.6 is 0 Å². The number of hydrogen-bond donors (Lipinski definition) is 4. The first-order chi connectivity index (χ1) is 33.1. The van der Waals surface area contributed by atoms with Gasteiger partial charge in [0, 0.05) is 73.9 Å². The van der Waals surface area contributed by atoms with E-state index in [0.29, 0.717) is 86.3 Å². The van der Waals surface area contributed by atoms with Gasteiger partial charge in [-0.15, -0.1) is 0 Å². The molecule has 2 aliphatic heterocycles. The van der Waals surface area contributed by atoms with Crippen LogP contribution in [0.1, 0.15) is 99.6 Å². The lowest BCUT2D eigenvalue weighted by Crippen LogP contribution is -2.46. The number of anilines is 2. The van der Waals surface area contributed by atoms with E-state index in [1.54, 1.807) is 54.5 Å². The van der Waals surface area contributed by atoms with Crippen molar-refractivity contribution >= 4 is 41.0 Å². The van der Waals surface area contributed by atoms with Crippen molar-refractivity contribution < 1.29 is 43.3 Å². The molecule has 0 saturated carbocycles. The van der Waals surface area contributed by atoms with Crippen LogP contribution in [0.15, 0.2) is 85.1 Å². The third-order valence-corrected chi connectivity index (χ3v) is 12.8. The minimum atomic E-state index is -0.903. The van der Waals surface area contributed by atoms with Gasteiger partial charge in [0.25, 0.3) is 17.7 Å². The second kappa shape index (κ2) is 25.2. The van der Waals surface area contributed by atoms with E-state index >= 15 is 0 Å². The van der Waals surface area contributed by atoms with Gasteiger partial charge in [0.15, 0.2) is 0 Å². The molecular formula is C52H65N7O9. The average Bonchev–Trinajstić information content (AvgIpc) is 3.85. The van der Waals surface area contributed by atoms with Crippen LogP contribution < -0.4 is 20.9 Å². The fraction of sp³-hybridized carbons (Fsp3) is 0.462. The van der Waals surface area contributed by atoms with E-state index in [1.165, 1.54) is 12.0 Å². The number of nitrogens with zero attached hydrogens (tertiary/aromatic N) is 4. The summed E-state index contributed by atoms with van der Waals surface area (Å²) in [5.74, 6) is -1.79. The number of carbonyl (C=O) groups is 5. The van der Waals surface area contributed by atoms with Crippen LogP contribution in [0.5, 0.6) is 0 Å². The number of ether oxygens (including phenoxy) is 3. The number of benzene rings is 3. The number of pyridine rings is 1. The molecule has 16 nitrogen and oxygen atoms in total. The summed E-state index contributed by atoms with van der Waals surface area (Å²) in [4.78, 5) is 75.9. The number of fused-ring (bicyclic) bond motifs is 1. The monoisotopic (exact) mass is 931 g/mol. The molecule has 0 bridgehead atoms. The topological polar surface area (TPSA) is 192 Å². The predicted molar refractivity (Wildman–Crippen MR) is 259 cm³/mol. The van der Waals surface area contributed by atoms with Crippen molar-refractivity contribution in [1.29, 1.82) is 0 Å². The van der Waals surface area contributed by atoms with Gasteiger partial charge >= 0.3 is 5.97 Å². The van der Waals surface area contributed by atoms with E-state index in [-0.39, 0.29) is 48.7 Å². The van der Waals surface area contributed by atoms with Crippen LogP contribution in [0, 0.1) is 0 Å². The first-order valence-corrected chi connectivity index (χ1v) is 24.0. The molecule has 7 rings (SSSR count). The number of nitrogens with one attached hydrogen (secondary N) is 3. The lowest BCUT2D eigenvalue weighted by Gasteiger charge is -2.29. The zero-order valence-electron chi connectivity index (χ0n) is 39.1. The molecule has 3 heterocycles. The number of aliphatic carboxylic acids is 1. The minimum Gasteiger partial charge on any atom is -0.481 e. The molecule has 16 heteroatoms. The molecule has 1 aromatic heterocycles. The molecule has 4 N–H and O–H groups in total. The Labute approximate surface area is 398 Å². The van der Waals surface area contributed by atoms with Crippen molar-refractivity contribution in [2.75, 3.05) is 96.2 Å². The predicted octanol–water partition coefficient (Wildman–Crippen LogP) is 5.98. The zero-order valence-corrected chi connectivity index (χ0v) is 39.1. The van der Waals surface area contributed by atoms with Crippen LogP contribution in [0.2, 0.25) is 0 Å². The Balaban J connectivity index is 0.928. The molecule has 3 aliphatic rings. The Hall–Kier alpha value is -6.20. The van der Waals surface area contributed by atoms with Crippen molar-refractivity contribution in [3.8, 4) is 11.3 Å². The summed E-state index contributed by atoms with van der Waals surface area (Å²) in [7, 11) is 1.72. The van der Waals surface area contributed by atoms with Crippen LogP contribution in [0.25, 0.3) is 11.3 Å². The number of aryl methyl sites for hydroxylation is 1. The van der Waals surface area contributed by atoms with Crippen molar-refractivity contribution in [3.05, 3.63) is 113 Å². The molecule has 2 atom stereocenters. The van der Waals surface area contributed by atoms with Crippen molar-refractivity contribution in [2.24, 2.45) is 0 Å². The van der Waals surface area contributed by atoms with E-state index in [4.69, 9.17) is 24.3 Å². The average molecular weight is 932 g/mol. The number of amides is 4. The molecule has 1 aliphatic carbocycles. The number of carbonyl (C=O) groups excluding carboxylic acids is 4. The van der Waals surface area contributed by atoms with Crippen LogP contribution in [0.3, 0.4) is 0 Å². The fourth-order valence-corrected chi connectivity index (χ4v) is 9.11. The Morgan fingerprint density at radius 3 is 2.31 bits per heavy atom. The van der Waals surface area contributed by atoms with Gasteiger partial charge in [0.1, 0.15) is 0 Å². The van der Waals surface area contributed by atoms with Gasteiger partial charge in [-0.3, -0.25) is 33.9 Å². The Kier molecular flexibility index (Phi) is 18.5. The van der Waals surface area contributed by atoms with Gasteiger partial charge in [0.05, 0.1) is 69.5 Å². The quantitative estimate of drug-likeness (QED) is 0.0638. The fourth-order valence-electron chi connectivity index (χ4n) is 9.11. The van der Waals surface area contributed by atoms with Gasteiger partial charge in [-0.05, 0) is 118 Å². The number of carboxylic acids is 1. The molecular weight excluding hydrogens is 867 g/mol. The van der Waals surface area contributed by atoms with Gasteiger partial charge in [-0.2, -0.15) is 0 Å². The molecule has 4 aromatic rings. The second-order valence-corrected chi connectivity index (χ2v) is 17.6. The summed E-state index contributed by atoms with van der Waals surface area (Å²) in [5.41, 5.74) is 6.39. The number of carboxylic acid groups (broad SMARTS) is 1. The summed E-state index contributed by atoms with van der Waals surface area (Å²) < 4.78 is 16.2. The summed E-state index contributed by atoms with van der Waals surface area (Å²) in [6, 6.07) is 24.0.